The highest BCUT2D eigenvalue weighted by Crippen LogP contribution is 2.37. The first-order valence-electron chi connectivity index (χ1n) is 10.1. The number of benzene rings is 3. The van der Waals surface area contributed by atoms with E-state index in [0.717, 1.165) is 5.69 Å². The van der Waals surface area contributed by atoms with Crippen LogP contribution in [0.2, 0.25) is 0 Å². The molecule has 0 saturated carbocycles. The maximum absolute atomic E-state index is 2.44. The van der Waals surface area contributed by atoms with Gasteiger partial charge in [-0.05, 0) is 75.2 Å². The quantitative estimate of drug-likeness (QED) is 0.352. The smallest absolute Gasteiger partial charge is 0.248 e. The van der Waals surface area contributed by atoms with Crippen LogP contribution in [-0.4, -0.2) is 9.13 Å². The second-order valence-electron chi connectivity index (χ2n) is 8.29. The second kappa shape index (κ2) is 6.35. The Labute approximate surface area is 171 Å². The molecule has 3 heteroatoms. The molecule has 0 aliphatic rings. The highest BCUT2D eigenvalue weighted by molar-refractivity contribution is 6.11. The lowest BCUT2D eigenvalue weighted by molar-refractivity contribution is -0.670. The molecule has 5 aromatic rings. The van der Waals surface area contributed by atoms with Gasteiger partial charge in [-0.15, -0.1) is 0 Å². The van der Waals surface area contributed by atoms with E-state index in [4.69, 9.17) is 0 Å². The fourth-order valence-electron chi connectivity index (χ4n) is 4.67. The Morgan fingerprint density at radius 3 is 1.69 bits per heavy atom. The van der Waals surface area contributed by atoms with Gasteiger partial charge in [0.15, 0.2) is 0 Å². The topological polar surface area (TPSA) is 13.7 Å². The van der Waals surface area contributed by atoms with Gasteiger partial charge in [0.25, 0.3) is 0 Å². The van der Waals surface area contributed by atoms with Gasteiger partial charge < -0.3 is 4.57 Å². The summed E-state index contributed by atoms with van der Waals surface area (Å²) in [4.78, 5) is 0. The van der Waals surface area contributed by atoms with Crippen molar-refractivity contribution >= 4 is 21.8 Å². The van der Waals surface area contributed by atoms with Crippen molar-refractivity contribution in [3.63, 3.8) is 0 Å². The number of imidazole rings is 1. The van der Waals surface area contributed by atoms with Crippen molar-refractivity contribution in [2.24, 2.45) is 7.05 Å². The molecule has 0 fully saturated rings. The van der Waals surface area contributed by atoms with Gasteiger partial charge in [-0.25, -0.2) is 9.13 Å². The van der Waals surface area contributed by atoms with Gasteiger partial charge in [0.1, 0.15) is 18.1 Å². The van der Waals surface area contributed by atoms with Crippen LogP contribution in [0.5, 0.6) is 0 Å². The Kier molecular flexibility index (Phi) is 3.88. The summed E-state index contributed by atoms with van der Waals surface area (Å²) in [6, 6.07) is 18.1. The molecule has 144 valence electrons. The lowest BCUT2D eigenvalue weighted by Gasteiger charge is -2.12. The Hall–Kier alpha value is -3.33. The molecule has 0 spiro atoms. The maximum Gasteiger partial charge on any atom is 0.248 e. The minimum atomic E-state index is 1.16. The minimum absolute atomic E-state index is 1.16. The number of hydrogen-bond acceptors (Lipinski definition) is 0. The molecule has 0 saturated heterocycles. The highest BCUT2D eigenvalue weighted by atomic mass is 15.1. The molecule has 0 atom stereocenters. The second-order valence-corrected chi connectivity index (χ2v) is 8.29. The van der Waals surface area contributed by atoms with Crippen molar-refractivity contribution in [1.82, 2.24) is 9.13 Å². The van der Waals surface area contributed by atoms with E-state index in [-0.39, 0.29) is 0 Å². The molecule has 3 nitrogen and oxygen atoms in total. The predicted molar refractivity (Wildman–Crippen MR) is 120 cm³/mol. The van der Waals surface area contributed by atoms with Crippen LogP contribution in [0.1, 0.15) is 22.3 Å². The van der Waals surface area contributed by atoms with Gasteiger partial charge in [-0.3, -0.25) is 0 Å². The van der Waals surface area contributed by atoms with Crippen LogP contribution < -0.4 is 4.57 Å². The first kappa shape index (κ1) is 17.7. The van der Waals surface area contributed by atoms with Crippen molar-refractivity contribution in [2.45, 2.75) is 27.7 Å². The highest BCUT2D eigenvalue weighted by Gasteiger charge is 2.17. The molecule has 2 aromatic heterocycles. The van der Waals surface area contributed by atoms with Gasteiger partial charge in [0.2, 0.25) is 6.33 Å². The molecule has 0 amide bonds. The summed E-state index contributed by atoms with van der Waals surface area (Å²) in [5.41, 5.74) is 10.2. The van der Waals surface area contributed by atoms with E-state index in [1.54, 1.807) is 0 Å². The fraction of sp³-hybridized carbons (Fsp3) is 0.192. The van der Waals surface area contributed by atoms with E-state index in [9.17, 15) is 0 Å². The number of aromatic nitrogens is 3. The van der Waals surface area contributed by atoms with Crippen LogP contribution in [0.4, 0.5) is 0 Å². The molecule has 0 aliphatic carbocycles. The molecule has 0 aliphatic heterocycles. The maximum atomic E-state index is 2.44. The van der Waals surface area contributed by atoms with Gasteiger partial charge in [0.05, 0.1) is 18.1 Å². The fourth-order valence-corrected chi connectivity index (χ4v) is 4.67. The van der Waals surface area contributed by atoms with E-state index in [2.05, 4.69) is 109 Å². The van der Waals surface area contributed by atoms with E-state index in [1.165, 1.54) is 49.7 Å². The predicted octanol–water partition coefficient (Wildman–Crippen LogP) is 5.63. The van der Waals surface area contributed by atoms with Crippen LogP contribution in [0.25, 0.3) is 33.2 Å². The summed E-state index contributed by atoms with van der Waals surface area (Å²) < 4.78 is 6.63. The zero-order valence-corrected chi connectivity index (χ0v) is 17.7. The summed E-state index contributed by atoms with van der Waals surface area (Å²) >= 11 is 0. The summed E-state index contributed by atoms with van der Waals surface area (Å²) in [6.07, 6.45) is 6.21. The molecule has 0 bridgehead atoms. The van der Waals surface area contributed by atoms with Crippen LogP contribution in [-0.2, 0) is 7.05 Å². The number of hydrogen-bond donors (Lipinski definition) is 0. The minimum Gasteiger partial charge on any atom is -0.309 e. The number of rotatable bonds is 2. The number of aryl methyl sites for hydroxylation is 5. The largest absolute Gasteiger partial charge is 0.309 e. The molecule has 5 rings (SSSR count). The molecule has 29 heavy (non-hydrogen) atoms. The average Bonchev–Trinajstić information content (AvgIpc) is 3.24. The Bertz CT molecular complexity index is 1320. The van der Waals surface area contributed by atoms with Crippen LogP contribution >= 0.6 is 0 Å². The van der Waals surface area contributed by atoms with Crippen molar-refractivity contribution in [3.05, 3.63) is 89.5 Å². The number of nitrogens with zero attached hydrogens (tertiary/aromatic N) is 3. The monoisotopic (exact) mass is 380 g/mol. The van der Waals surface area contributed by atoms with Crippen molar-refractivity contribution < 1.29 is 4.57 Å². The molecule has 2 heterocycles. The Morgan fingerprint density at radius 1 is 0.690 bits per heavy atom. The first-order valence-corrected chi connectivity index (χ1v) is 10.1. The zero-order valence-electron chi connectivity index (χ0n) is 17.7. The third kappa shape index (κ3) is 2.77. The van der Waals surface area contributed by atoms with E-state index in [0.29, 0.717) is 0 Å². The zero-order chi connectivity index (χ0) is 20.3. The van der Waals surface area contributed by atoms with Gasteiger partial charge in [0, 0.05) is 16.5 Å². The summed E-state index contributed by atoms with van der Waals surface area (Å²) in [5.74, 6) is 0. The standard InChI is InChI=1S/C26H26N3/c1-17-12-19(3)25-23(14-17)24-15-18(2)13-20(4)26(24)29(25)22-8-6-21(7-9-22)28-11-10-27(5)16-28/h6-16H,1-5H3/q+1. The summed E-state index contributed by atoms with van der Waals surface area (Å²) in [7, 11) is 2.04. The first-order chi connectivity index (χ1) is 13.9. The normalized spacial score (nSPS) is 11.6. The van der Waals surface area contributed by atoms with Crippen LogP contribution in [0, 0.1) is 27.7 Å². The van der Waals surface area contributed by atoms with E-state index in [1.807, 2.05) is 7.05 Å². The third-order valence-electron chi connectivity index (χ3n) is 5.80. The molecule has 0 radical (unpaired) electrons. The molecule has 0 N–H and O–H groups in total. The Morgan fingerprint density at radius 2 is 1.21 bits per heavy atom. The lowest BCUT2D eigenvalue weighted by Crippen LogP contribution is -2.23. The van der Waals surface area contributed by atoms with Gasteiger partial charge in [-0.2, -0.15) is 0 Å². The number of fused-ring (bicyclic) bond motifs is 3. The SMILES string of the molecule is Cc1cc(C)c2c(c1)c1cc(C)cc(C)c1n2-c1ccc(-n2cc[n+](C)c2)cc1. The average molecular weight is 381 g/mol. The summed E-state index contributed by atoms with van der Waals surface area (Å²) in [5, 5.41) is 2.68. The van der Waals surface area contributed by atoms with Crippen molar-refractivity contribution in [2.75, 3.05) is 0 Å². The van der Waals surface area contributed by atoms with Crippen molar-refractivity contribution in [3.8, 4) is 11.4 Å². The Balaban J connectivity index is 1.82. The van der Waals surface area contributed by atoms with Crippen LogP contribution in [0.3, 0.4) is 0 Å². The molecular weight excluding hydrogens is 354 g/mol. The summed E-state index contributed by atoms with van der Waals surface area (Å²) in [6.45, 7) is 8.82. The van der Waals surface area contributed by atoms with Gasteiger partial charge >= 0.3 is 0 Å². The lowest BCUT2D eigenvalue weighted by atomic mass is 10.0. The molecular formula is C26H26N3+. The van der Waals surface area contributed by atoms with Crippen LogP contribution in [0.15, 0.2) is 67.3 Å². The third-order valence-corrected chi connectivity index (χ3v) is 5.80. The van der Waals surface area contributed by atoms with E-state index >= 15 is 0 Å². The van der Waals surface area contributed by atoms with Crippen molar-refractivity contribution in [1.29, 1.82) is 0 Å². The molecule has 0 unspecified atom stereocenters. The van der Waals surface area contributed by atoms with Gasteiger partial charge in [-0.1, -0.05) is 23.3 Å². The van der Waals surface area contributed by atoms with E-state index < -0.39 is 0 Å². The molecule has 3 aromatic carbocycles.